The van der Waals surface area contributed by atoms with Gasteiger partial charge in [-0.3, -0.25) is 14.7 Å². The molecule has 0 aliphatic carbocycles. The molecule has 1 aliphatic rings. The van der Waals surface area contributed by atoms with E-state index in [4.69, 9.17) is 4.74 Å². The van der Waals surface area contributed by atoms with Crippen LogP contribution in [0.3, 0.4) is 0 Å². The van der Waals surface area contributed by atoms with Crippen molar-refractivity contribution < 1.29 is 9.53 Å². The summed E-state index contributed by atoms with van der Waals surface area (Å²) >= 11 is 0. The molecule has 0 aromatic carbocycles. The van der Waals surface area contributed by atoms with E-state index in [9.17, 15) is 4.79 Å². The highest BCUT2D eigenvalue weighted by Gasteiger charge is 2.22. The van der Waals surface area contributed by atoms with Gasteiger partial charge in [0.2, 0.25) is 0 Å². The zero-order valence-corrected chi connectivity index (χ0v) is 16.0. The number of amides is 1. The van der Waals surface area contributed by atoms with Gasteiger partial charge in [0.1, 0.15) is 5.52 Å². The Kier molecular flexibility index (Phi) is 5.59. The van der Waals surface area contributed by atoms with Gasteiger partial charge < -0.3 is 14.2 Å². The summed E-state index contributed by atoms with van der Waals surface area (Å²) in [7, 11) is 1.71. The molecule has 0 unspecified atom stereocenters. The molecule has 3 aromatic rings. The first-order chi connectivity index (χ1) is 13.7. The molecule has 0 saturated carbocycles. The Hall–Kier alpha value is -2.84. The van der Waals surface area contributed by atoms with Crippen molar-refractivity contribution >= 4 is 17.1 Å². The number of aromatic nitrogens is 4. The van der Waals surface area contributed by atoms with Crippen LogP contribution in [0.1, 0.15) is 15.9 Å². The number of nitrogens with zero attached hydrogens (tertiary/aromatic N) is 6. The van der Waals surface area contributed by atoms with Crippen molar-refractivity contribution in [2.75, 3.05) is 46.4 Å². The van der Waals surface area contributed by atoms with Crippen molar-refractivity contribution in [1.82, 2.24) is 29.3 Å². The Morgan fingerprint density at radius 3 is 2.79 bits per heavy atom. The lowest BCUT2D eigenvalue weighted by molar-refractivity contribution is 0.0594. The van der Waals surface area contributed by atoms with E-state index in [-0.39, 0.29) is 5.91 Å². The molecule has 3 aromatic heterocycles. The van der Waals surface area contributed by atoms with Crippen LogP contribution in [0.25, 0.3) is 11.2 Å². The van der Waals surface area contributed by atoms with Gasteiger partial charge in [0.05, 0.1) is 25.0 Å². The minimum Gasteiger partial charge on any atom is -0.383 e. The zero-order valence-electron chi connectivity index (χ0n) is 16.0. The van der Waals surface area contributed by atoms with Crippen LogP contribution in [-0.4, -0.2) is 81.7 Å². The summed E-state index contributed by atoms with van der Waals surface area (Å²) in [4.78, 5) is 30.2. The first-order valence-corrected chi connectivity index (χ1v) is 9.45. The van der Waals surface area contributed by atoms with Gasteiger partial charge in [-0.1, -0.05) is 6.07 Å². The van der Waals surface area contributed by atoms with Crippen LogP contribution in [0.2, 0.25) is 0 Å². The summed E-state index contributed by atoms with van der Waals surface area (Å²) in [5.41, 5.74) is 3.16. The Balaban J connectivity index is 1.44. The minimum atomic E-state index is 0.0163. The van der Waals surface area contributed by atoms with Gasteiger partial charge in [0.25, 0.3) is 5.91 Å². The summed E-state index contributed by atoms with van der Waals surface area (Å²) in [5, 5.41) is 0. The lowest BCUT2D eigenvalue weighted by Gasteiger charge is -2.34. The van der Waals surface area contributed by atoms with Crippen LogP contribution in [-0.2, 0) is 11.3 Å². The largest absolute Gasteiger partial charge is 0.383 e. The molecule has 1 fully saturated rings. The number of hydrogen-bond donors (Lipinski definition) is 0. The summed E-state index contributed by atoms with van der Waals surface area (Å²) < 4.78 is 7.09. The molecule has 0 bridgehead atoms. The van der Waals surface area contributed by atoms with E-state index in [2.05, 4.69) is 19.9 Å². The number of methoxy groups -OCH3 is 1. The summed E-state index contributed by atoms with van der Waals surface area (Å²) in [6.07, 6.45) is 7.00. The quantitative estimate of drug-likeness (QED) is 0.641. The molecular formula is C20H24N6O2. The normalized spacial score (nSPS) is 15.2. The smallest absolute Gasteiger partial charge is 0.255 e. The maximum Gasteiger partial charge on any atom is 0.255 e. The molecule has 4 heterocycles. The molecule has 0 atom stereocenters. The summed E-state index contributed by atoms with van der Waals surface area (Å²) in [5.74, 6) is 0.0163. The third-order valence-electron chi connectivity index (χ3n) is 5.05. The van der Waals surface area contributed by atoms with Crippen molar-refractivity contribution in [3.8, 4) is 0 Å². The Morgan fingerprint density at radius 1 is 1.18 bits per heavy atom. The van der Waals surface area contributed by atoms with Gasteiger partial charge in [-0.2, -0.15) is 0 Å². The summed E-state index contributed by atoms with van der Waals surface area (Å²) in [6, 6.07) is 5.76. The van der Waals surface area contributed by atoms with E-state index in [1.165, 1.54) is 0 Å². The third-order valence-corrected chi connectivity index (χ3v) is 5.05. The second kappa shape index (κ2) is 8.45. The minimum absolute atomic E-state index is 0.0163. The van der Waals surface area contributed by atoms with Gasteiger partial charge in [0, 0.05) is 58.4 Å². The van der Waals surface area contributed by atoms with Gasteiger partial charge in [-0.15, -0.1) is 0 Å². The maximum absolute atomic E-state index is 12.9. The summed E-state index contributed by atoms with van der Waals surface area (Å²) in [6.45, 7) is 5.44. The monoisotopic (exact) mass is 380 g/mol. The lowest BCUT2D eigenvalue weighted by Crippen LogP contribution is -2.49. The van der Waals surface area contributed by atoms with Crippen LogP contribution in [0.15, 0.2) is 43.1 Å². The van der Waals surface area contributed by atoms with Crippen molar-refractivity contribution in [2.24, 2.45) is 0 Å². The van der Waals surface area contributed by atoms with Crippen LogP contribution in [0, 0.1) is 0 Å². The number of fused-ring (bicyclic) bond motifs is 1. The number of rotatable bonds is 6. The molecule has 1 aliphatic heterocycles. The van der Waals surface area contributed by atoms with Crippen LogP contribution >= 0.6 is 0 Å². The fraction of sp³-hybridized carbons (Fsp3) is 0.400. The van der Waals surface area contributed by atoms with Crippen molar-refractivity contribution in [2.45, 2.75) is 6.54 Å². The lowest BCUT2D eigenvalue weighted by atomic mass is 10.2. The van der Waals surface area contributed by atoms with Gasteiger partial charge in [0.15, 0.2) is 5.65 Å². The average molecular weight is 380 g/mol. The van der Waals surface area contributed by atoms with Gasteiger partial charge in [-0.25, -0.2) is 9.97 Å². The first kappa shape index (κ1) is 18.5. The number of ether oxygens (including phenoxy) is 1. The molecule has 146 valence electrons. The number of pyridine rings is 2. The molecule has 1 saturated heterocycles. The van der Waals surface area contributed by atoms with E-state index in [0.29, 0.717) is 12.1 Å². The first-order valence-electron chi connectivity index (χ1n) is 9.45. The molecule has 28 heavy (non-hydrogen) atoms. The van der Waals surface area contributed by atoms with Crippen molar-refractivity contribution in [3.05, 3.63) is 54.2 Å². The van der Waals surface area contributed by atoms with Crippen LogP contribution < -0.4 is 0 Å². The zero-order chi connectivity index (χ0) is 19.3. The average Bonchev–Trinajstić information content (AvgIpc) is 3.15. The second-order valence-corrected chi connectivity index (χ2v) is 6.93. The van der Waals surface area contributed by atoms with Crippen LogP contribution in [0.5, 0.6) is 0 Å². The van der Waals surface area contributed by atoms with Gasteiger partial charge in [-0.05, 0) is 17.7 Å². The predicted molar refractivity (Wildman–Crippen MR) is 105 cm³/mol. The maximum atomic E-state index is 12.9. The number of hydrogen-bond acceptors (Lipinski definition) is 6. The van der Waals surface area contributed by atoms with E-state index >= 15 is 0 Å². The Bertz CT molecular complexity index is 934. The van der Waals surface area contributed by atoms with E-state index in [1.54, 1.807) is 25.8 Å². The number of carbonyl (C=O) groups excluding carboxylic acids is 1. The van der Waals surface area contributed by atoms with Gasteiger partial charge >= 0.3 is 0 Å². The number of carbonyl (C=O) groups is 1. The standard InChI is InChI=1S/C20H24N6O2/c1-28-10-9-24-5-7-25(8-6-24)20(27)17-11-18-19(22-13-17)26(15-23-18)14-16-3-2-4-21-12-16/h2-4,11-13,15H,5-10,14H2,1H3. The highest BCUT2D eigenvalue weighted by molar-refractivity contribution is 5.96. The molecule has 8 heteroatoms. The topological polar surface area (TPSA) is 76.4 Å². The molecule has 0 spiro atoms. The van der Waals surface area contributed by atoms with E-state index < -0.39 is 0 Å². The van der Waals surface area contributed by atoms with Crippen LogP contribution in [0.4, 0.5) is 0 Å². The second-order valence-electron chi connectivity index (χ2n) is 6.93. The molecule has 1 amide bonds. The predicted octanol–water partition coefficient (Wildman–Crippen LogP) is 1.28. The van der Waals surface area contributed by atoms with E-state index in [0.717, 1.165) is 56.1 Å². The molecular weight excluding hydrogens is 356 g/mol. The highest BCUT2D eigenvalue weighted by Crippen LogP contribution is 2.16. The fourth-order valence-corrected chi connectivity index (χ4v) is 3.45. The SMILES string of the molecule is COCCN1CCN(C(=O)c2cnc3c(c2)ncn3Cc2cccnc2)CC1. The van der Waals surface area contributed by atoms with Crippen molar-refractivity contribution in [1.29, 1.82) is 0 Å². The molecule has 0 radical (unpaired) electrons. The van der Waals surface area contributed by atoms with E-state index in [1.807, 2.05) is 33.9 Å². The third kappa shape index (κ3) is 4.02. The highest BCUT2D eigenvalue weighted by atomic mass is 16.5. The molecule has 8 nitrogen and oxygen atoms in total. The van der Waals surface area contributed by atoms with Crippen molar-refractivity contribution in [3.63, 3.8) is 0 Å². The molecule has 4 rings (SSSR count). The Labute approximate surface area is 163 Å². The molecule has 0 N–H and O–H groups in total. The fourth-order valence-electron chi connectivity index (χ4n) is 3.45. The number of imidazole rings is 1. The Morgan fingerprint density at radius 2 is 2.04 bits per heavy atom. The number of piperazine rings is 1.